The van der Waals surface area contributed by atoms with Gasteiger partial charge >= 0.3 is 0 Å². The fourth-order valence-corrected chi connectivity index (χ4v) is 2.58. The summed E-state index contributed by atoms with van der Waals surface area (Å²) in [6.45, 7) is 12.0. The Kier molecular flexibility index (Phi) is 7.56. The van der Waals surface area contributed by atoms with Crippen LogP contribution in [0, 0.1) is 11.3 Å². The molecule has 1 rings (SSSR count). The Morgan fingerprint density at radius 1 is 1.17 bits per heavy atom. The molecule has 0 fully saturated rings. The minimum absolute atomic E-state index is 0.124. The molecule has 0 aliphatic rings. The lowest BCUT2D eigenvalue weighted by atomic mass is 10.2. The van der Waals surface area contributed by atoms with E-state index < -0.39 is 6.10 Å². The highest BCUT2D eigenvalue weighted by Crippen LogP contribution is 2.13. The second-order valence-corrected chi connectivity index (χ2v) is 6.32. The van der Waals surface area contributed by atoms with Gasteiger partial charge < -0.3 is 15.0 Å². The molecule has 0 unspecified atom stereocenters. The first-order valence-corrected chi connectivity index (χ1v) is 8.15. The van der Waals surface area contributed by atoms with Gasteiger partial charge in [0.1, 0.15) is 5.75 Å². The number of carbonyl (C=O) groups excluding carboxylic acids is 1. The fourth-order valence-electron chi connectivity index (χ4n) is 2.58. The molecule has 126 valence electrons. The van der Waals surface area contributed by atoms with Crippen LogP contribution in [-0.2, 0) is 4.79 Å². The van der Waals surface area contributed by atoms with Crippen molar-refractivity contribution in [3.8, 4) is 11.8 Å². The topological polar surface area (TPSA) is 66.6 Å². The third-order valence-electron chi connectivity index (χ3n) is 3.86. The first kappa shape index (κ1) is 19.0. The number of quaternary nitrogens is 1. The van der Waals surface area contributed by atoms with Crippen molar-refractivity contribution in [3.63, 3.8) is 0 Å². The first-order chi connectivity index (χ1) is 10.8. The summed E-state index contributed by atoms with van der Waals surface area (Å²) in [5.41, 5.74) is 0.569. The van der Waals surface area contributed by atoms with E-state index in [-0.39, 0.29) is 5.91 Å². The number of nitrogens with zero attached hydrogens (tertiary/aromatic N) is 1. The van der Waals surface area contributed by atoms with Gasteiger partial charge in [-0.2, -0.15) is 5.26 Å². The van der Waals surface area contributed by atoms with E-state index in [0.29, 0.717) is 29.9 Å². The summed E-state index contributed by atoms with van der Waals surface area (Å²) in [7, 11) is 0. The van der Waals surface area contributed by atoms with E-state index >= 15 is 0 Å². The van der Waals surface area contributed by atoms with E-state index in [4.69, 9.17) is 10.00 Å². The van der Waals surface area contributed by atoms with Gasteiger partial charge in [0.25, 0.3) is 5.91 Å². The van der Waals surface area contributed by atoms with Crippen molar-refractivity contribution >= 4 is 5.91 Å². The highest BCUT2D eigenvalue weighted by Gasteiger charge is 2.18. The highest BCUT2D eigenvalue weighted by atomic mass is 16.5. The number of nitriles is 1. The van der Waals surface area contributed by atoms with Crippen molar-refractivity contribution in [2.75, 3.05) is 13.1 Å². The molecule has 1 amide bonds. The number of hydrogen-bond donors (Lipinski definition) is 2. The summed E-state index contributed by atoms with van der Waals surface area (Å²) in [5.74, 6) is 0.462. The Bertz CT molecular complexity index is 524. The predicted octanol–water partition coefficient (Wildman–Crippen LogP) is 1.14. The molecule has 0 saturated heterocycles. The molecule has 1 aromatic carbocycles. The standard InChI is InChI=1S/C18H27N3O2/c1-13(2)21(14(3)4)11-10-20-18(22)15(5)23-17-8-6-16(12-19)7-9-17/h6-9,13-15H,10-11H2,1-5H3,(H,20,22)/p+1/t15-/m1/s1. The maximum atomic E-state index is 12.1. The van der Waals surface area contributed by atoms with Crippen LogP contribution in [-0.4, -0.2) is 37.2 Å². The van der Waals surface area contributed by atoms with Crippen molar-refractivity contribution in [1.29, 1.82) is 5.26 Å². The zero-order valence-corrected chi connectivity index (χ0v) is 14.7. The zero-order valence-electron chi connectivity index (χ0n) is 14.7. The van der Waals surface area contributed by atoms with Crippen molar-refractivity contribution < 1.29 is 14.4 Å². The largest absolute Gasteiger partial charge is 0.481 e. The third-order valence-corrected chi connectivity index (χ3v) is 3.86. The maximum Gasteiger partial charge on any atom is 0.260 e. The second kappa shape index (κ2) is 9.16. The number of benzene rings is 1. The van der Waals surface area contributed by atoms with Gasteiger partial charge in [0.15, 0.2) is 6.10 Å². The Hall–Kier alpha value is -2.06. The smallest absolute Gasteiger partial charge is 0.260 e. The maximum absolute atomic E-state index is 12.1. The monoisotopic (exact) mass is 318 g/mol. The average Bonchev–Trinajstić information content (AvgIpc) is 2.51. The van der Waals surface area contributed by atoms with E-state index in [1.807, 2.05) is 6.07 Å². The molecule has 1 atom stereocenters. The lowest BCUT2D eigenvalue weighted by Crippen LogP contribution is -3.18. The van der Waals surface area contributed by atoms with Crippen LogP contribution >= 0.6 is 0 Å². The Labute approximate surface area is 139 Å². The molecule has 0 heterocycles. The van der Waals surface area contributed by atoms with Crippen LogP contribution in [0.3, 0.4) is 0 Å². The number of rotatable bonds is 8. The number of amides is 1. The molecule has 2 N–H and O–H groups in total. The lowest BCUT2D eigenvalue weighted by molar-refractivity contribution is -0.941. The van der Waals surface area contributed by atoms with Crippen LogP contribution in [0.5, 0.6) is 5.75 Å². The van der Waals surface area contributed by atoms with E-state index in [1.165, 1.54) is 4.90 Å². The van der Waals surface area contributed by atoms with Gasteiger partial charge in [-0.15, -0.1) is 0 Å². The van der Waals surface area contributed by atoms with Gasteiger partial charge in [-0.1, -0.05) is 0 Å². The van der Waals surface area contributed by atoms with E-state index in [9.17, 15) is 4.79 Å². The molecule has 0 spiro atoms. The second-order valence-electron chi connectivity index (χ2n) is 6.32. The van der Waals surface area contributed by atoms with Crippen molar-refractivity contribution in [2.45, 2.75) is 52.8 Å². The molecular formula is C18H28N3O2+. The minimum Gasteiger partial charge on any atom is -0.481 e. The Morgan fingerprint density at radius 2 is 1.74 bits per heavy atom. The summed E-state index contributed by atoms with van der Waals surface area (Å²) >= 11 is 0. The average molecular weight is 318 g/mol. The van der Waals surface area contributed by atoms with Crippen LogP contribution in [0.2, 0.25) is 0 Å². The third kappa shape index (κ3) is 6.29. The molecule has 0 aliphatic carbocycles. The fraction of sp³-hybridized carbons (Fsp3) is 0.556. The van der Waals surface area contributed by atoms with Gasteiger partial charge in [0, 0.05) is 0 Å². The van der Waals surface area contributed by atoms with E-state index in [0.717, 1.165) is 6.54 Å². The van der Waals surface area contributed by atoms with Crippen LogP contribution in [0.1, 0.15) is 40.2 Å². The van der Waals surface area contributed by atoms with Crippen LogP contribution in [0.15, 0.2) is 24.3 Å². The molecule has 0 aliphatic heterocycles. The number of ether oxygens (including phenoxy) is 1. The van der Waals surface area contributed by atoms with Crippen LogP contribution in [0.4, 0.5) is 0 Å². The van der Waals surface area contributed by atoms with Gasteiger partial charge in [0.2, 0.25) is 0 Å². The molecule has 0 radical (unpaired) electrons. The number of nitrogens with one attached hydrogen (secondary N) is 2. The SMILES string of the molecule is CC(C)[NH+](CCNC(=O)[C@@H](C)Oc1ccc(C#N)cc1)C(C)C. The molecule has 1 aromatic rings. The van der Waals surface area contributed by atoms with Crippen molar-refractivity contribution in [1.82, 2.24) is 5.32 Å². The van der Waals surface area contributed by atoms with E-state index in [1.54, 1.807) is 31.2 Å². The lowest BCUT2D eigenvalue weighted by Gasteiger charge is -2.27. The Morgan fingerprint density at radius 3 is 2.22 bits per heavy atom. The number of carbonyl (C=O) groups is 1. The van der Waals surface area contributed by atoms with E-state index in [2.05, 4.69) is 33.0 Å². The van der Waals surface area contributed by atoms with Crippen LogP contribution in [0.25, 0.3) is 0 Å². The van der Waals surface area contributed by atoms with Crippen LogP contribution < -0.4 is 15.0 Å². The van der Waals surface area contributed by atoms with Gasteiger partial charge in [-0.05, 0) is 58.9 Å². The van der Waals surface area contributed by atoms with Gasteiger partial charge in [-0.3, -0.25) is 4.79 Å². The quantitative estimate of drug-likeness (QED) is 0.755. The van der Waals surface area contributed by atoms with Gasteiger partial charge in [0.05, 0.1) is 36.8 Å². The van der Waals surface area contributed by atoms with Gasteiger partial charge in [-0.25, -0.2) is 0 Å². The summed E-state index contributed by atoms with van der Waals surface area (Å²) in [5, 5.41) is 11.7. The first-order valence-electron chi connectivity index (χ1n) is 8.15. The molecule has 5 heteroatoms. The molecule has 0 saturated carbocycles. The van der Waals surface area contributed by atoms with Crippen molar-refractivity contribution in [3.05, 3.63) is 29.8 Å². The molecule has 0 bridgehead atoms. The summed E-state index contributed by atoms with van der Waals surface area (Å²) < 4.78 is 5.60. The normalized spacial score (nSPS) is 12.3. The highest BCUT2D eigenvalue weighted by molar-refractivity contribution is 5.80. The molecule has 23 heavy (non-hydrogen) atoms. The molecule has 5 nitrogen and oxygen atoms in total. The Balaban J connectivity index is 2.43. The molecular weight excluding hydrogens is 290 g/mol. The van der Waals surface area contributed by atoms with Crippen molar-refractivity contribution in [2.24, 2.45) is 0 Å². The minimum atomic E-state index is -0.565. The zero-order chi connectivity index (χ0) is 17.4. The number of hydrogen-bond acceptors (Lipinski definition) is 3. The summed E-state index contributed by atoms with van der Waals surface area (Å²) in [4.78, 5) is 13.6. The predicted molar refractivity (Wildman–Crippen MR) is 90.4 cm³/mol. The molecule has 0 aromatic heterocycles. The summed E-state index contributed by atoms with van der Waals surface area (Å²) in [6, 6.07) is 9.85. The summed E-state index contributed by atoms with van der Waals surface area (Å²) in [6.07, 6.45) is -0.565.